The Balaban J connectivity index is 1.52. The minimum atomic E-state index is -0.221. The van der Waals surface area contributed by atoms with Gasteiger partial charge in [0.15, 0.2) is 5.82 Å². The lowest BCUT2D eigenvalue weighted by molar-refractivity contribution is -0.120. The molecular weight excluding hydrogens is 444 g/mol. The highest BCUT2D eigenvalue weighted by Crippen LogP contribution is 2.41. The van der Waals surface area contributed by atoms with E-state index in [-0.39, 0.29) is 23.9 Å². The van der Waals surface area contributed by atoms with Gasteiger partial charge in [-0.15, -0.1) is 0 Å². The van der Waals surface area contributed by atoms with Gasteiger partial charge in [-0.3, -0.25) is 9.59 Å². The predicted molar refractivity (Wildman–Crippen MR) is 136 cm³/mol. The van der Waals surface area contributed by atoms with Crippen LogP contribution >= 0.6 is 0 Å². The maximum Gasteiger partial charge on any atom is 0.254 e. The summed E-state index contributed by atoms with van der Waals surface area (Å²) in [4.78, 5) is 41.1. The molecule has 3 heterocycles. The lowest BCUT2D eigenvalue weighted by atomic mass is 10.0. The van der Waals surface area contributed by atoms with Crippen LogP contribution in [0.5, 0.6) is 5.75 Å². The second-order valence-corrected chi connectivity index (χ2v) is 9.93. The van der Waals surface area contributed by atoms with Crippen molar-refractivity contribution < 1.29 is 14.3 Å². The molecule has 0 unspecified atom stereocenters. The summed E-state index contributed by atoms with van der Waals surface area (Å²) in [7, 11) is 3.39. The van der Waals surface area contributed by atoms with Gasteiger partial charge in [-0.05, 0) is 50.8 Å². The summed E-state index contributed by atoms with van der Waals surface area (Å²) in [6.07, 6.45) is 6.93. The van der Waals surface area contributed by atoms with Crippen molar-refractivity contribution in [2.45, 2.75) is 77.5 Å². The zero-order valence-corrected chi connectivity index (χ0v) is 21.2. The average Bonchev–Trinajstić information content (AvgIpc) is 3.49. The van der Waals surface area contributed by atoms with E-state index in [0.29, 0.717) is 35.5 Å². The number of nitrogens with one attached hydrogen (secondary N) is 1. The van der Waals surface area contributed by atoms with Crippen LogP contribution < -0.4 is 19.9 Å². The van der Waals surface area contributed by atoms with Gasteiger partial charge in [0.05, 0.1) is 19.0 Å². The Bertz CT molecular complexity index is 1160. The molecule has 2 aromatic rings. The van der Waals surface area contributed by atoms with Crippen LogP contribution in [0.15, 0.2) is 18.3 Å². The van der Waals surface area contributed by atoms with Crippen LogP contribution in [0.4, 0.5) is 23.1 Å². The van der Waals surface area contributed by atoms with Gasteiger partial charge in [0.25, 0.3) is 5.91 Å². The van der Waals surface area contributed by atoms with E-state index in [1.54, 1.807) is 31.3 Å². The van der Waals surface area contributed by atoms with Gasteiger partial charge in [0.2, 0.25) is 11.9 Å². The molecule has 0 spiro atoms. The van der Waals surface area contributed by atoms with Crippen molar-refractivity contribution in [1.29, 1.82) is 0 Å². The first-order valence-corrected chi connectivity index (χ1v) is 12.6. The fourth-order valence-corrected chi connectivity index (χ4v) is 5.61. The second-order valence-electron chi connectivity index (χ2n) is 9.93. The van der Waals surface area contributed by atoms with E-state index >= 15 is 0 Å². The highest BCUT2D eigenvalue weighted by atomic mass is 16.5. The quantitative estimate of drug-likeness (QED) is 0.668. The van der Waals surface area contributed by atoms with E-state index in [0.717, 1.165) is 36.3 Å². The third-order valence-corrected chi connectivity index (χ3v) is 7.54. The largest absolute Gasteiger partial charge is 0.495 e. The number of methoxy groups -OCH3 is 1. The van der Waals surface area contributed by atoms with Gasteiger partial charge in [-0.2, -0.15) is 4.98 Å². The SMILES string of the molecule is CC[C@@H]1C(=O)N(C)c2cnc(Nc3cc4c(cc3OC)C(=O)N(C(C)C)C4)nc2N1C1CCCC1. The molecule has 0 radical (unpaired) electrons. The van der Waals surface area contributed by atoms with E-state index in [4.69, 9.17) is 9.72 Å². The second kappa shape index (κ2) is 9.02. The van der Waals surface area contributed by atoms with Gasteiger partial charge >= 0.3 is 0 Å². The number of rotatable bonds is 6. The van der Waals surface area contributed by atoms with Crippen LogP contribution in [0.3, 0.4) is 0 Å². The maximum atomic E-state index is 13.1. The highest BCUT2D eigenvalue weighted by Gasteiger charge is 2.41. The smallest absolute Gasteiger partial charge is 0.254 e. The Morgan fingerprint density at radius 3 is 2.60 bits per heavy atom. The fourth-order valence-electron chi connectivity index (χ4n) is 5.61. The molecule has 0 bridgehead atoms. The molecule has 35 heavy (non-hydrogen) atoms. The van der Waals surface area contributed by atoms with Crippen molar-refractivity contribution in [3.05, 3.63) is 29.5 Å². The van der Waals surface area contributed by atoms with Crippen molar-refractivity contribution in [2.24, 2.45) is 0 Å². The third-order valence-electron chi connectivity index (χ3n) is 7.54. The minimum absolute atomic E-state index is 0.0235. The Labute approximate surface area is 206 Å². The molecule has 1 N–H and O–H groups in total. The number of hydrogen-bond donors (Lipinski definition) is 1. The van der Waals surface area contributed by atoms with E-state index in [2.05, 4.69) is 22.1 Å². The van der Waals surface area contributed by atoms with Crippen LogP contribution in [-0.2, 0) is 11.3 Å². The standard InChI is InChI=1S/C26H34N6O3/c1-6-20-25(34)30(4)21-13-27-26(29-23(21)32(20)17-9-7-8-10-17)28-19-11-16-14-31(15(2)3)24(33)18(16)12-22(19)35-5/h11-13,15,17,20H,6-10,14H2,1-5H3,(H,27,28,29)/t20-/m1/s1. The van der Waals surface area contributed by atoms with E-state index in [1.807, 2.05) is 24.8 Å². The average molecular weight is 479 g/mol. The summed E-state index contributed by atoms with van der Waals surface area (Å²) in [5.74, 6) is 1.92. The number of nitrogens with zero attached hydrogens (tertiary/aromatic N) is 5. The first kappa shape index (κ1) is 23.4. The topological polar surface area (TPSA) is 90.9 Å². The normalized spacial score (nSPS) is 20.1. The number of fused-ring (bicyclic) bond motifs is 2. The monoisotopic (exact) mass is 478 g/mol. The van der Waals surface area contributed by atoms with Gasteiger partial charge in [0, 0.05) is 31.2 Å². The Morgan fingerprint density at radius 2 is 1.94 bits per heavy atom. The molecule has 9 heteroatoms. The number of carbonyl (C=O) groups is 2. The van der Waals surface area contributed by atoms with Crippen molar-refractivity contribution in [3.8, 4) is 5.75 Å². The number of amides is 2. The van der Waals surface area contributed by atoms with Crippen LogP contribution in [0.1, 0.15) is 68.8 Å². The lowest BCUT2D eigenvalue weighted by Crippen LogP contribution is -2.55. The first-order chi connectivity index (χ1) is 16.8. The number of hydrogen-bond acceptors (Lipinski definition) is 7. The molecule has 1 saturated carbocycles. The molecule has 5 rings (SSSR count). The maximum absolute atomic E-state index is 13.1. The molecule has 9 nitrogen and oxygen atoms in total. The van der Waals surface area contributed by atoms with Crippen molar-refractivity contribution in [3.63, 3.8) is 0 Å². The summed E-state index contributed by atoms with van der Waals surface area (Å²) in [6, 6.07) is 3.96. The predicted octanol–water partition coefficient (Wildman–Crippen LogP) is 4.10. The number of carbonyl (C=O) groups excluding carboxylic acids is 2. The summed E-state index contributed by atoms with van der Waals surface area (Å²) in [6.45, 7) is 6.65. The Kier molecular flexibility index (Phi) is 6.02. The molecule has 1 atom stereocenters. The summed E-state index contributed by atoms with van der Waals surface area (Å²) in [5, 5.41) is 3.33. The Hall–Kier alpha value is -3.36. The van der Waals surface area contributed by atoms with Crippen LogP contribution in [0, 0.1) is 0 Å². The van der Waals surface area contributed by atoms with Gasteiger partial charge in [-0.1, -0.05) is 19.8 Å². The molecule has 0 saturated heterocycles. The fraction of sp³-hybridized carbons (Fsp3) is 0.538. The van der Waals surface area contributed by atoms with Gasteiger partial charge < -0.3 is 24.8 Å². The molecule has 1 aliphatic carbocycles. The highest BCUT2D eigenvalue weighted by molar-refractivity contribution is 6.04. The van der Waals surface area contributed by atoms with Crippen molar-refractivity contribution >= 4 is 35.0 Å². The minimum Gasteiger partial charge on any atom is -0.495 e. The molecule has 1 fully saturated rings. The molecule has 2 amide bonds. The van der Waals surface area contributed by atoms with Crippen LogP contribution in [0.25, 0.3) is 0 Å². The lowest BCUT2D eigenvalue weighted by Gasteiger charge is -2.43. The van der Waals surface area contributed by atoms with Gasteiger partial charge in [-0.25, -0.2) is 4.98 Å². The van der Waals surface area contributed by atoms with E-state index in [1.165, 1.54) is 12.8 Å². The number of ether oxygens (including phenoxy) is 1. The van der Waals surface area contributed by atoms with Crippen LogP contribution in [-0.4, -0.2) is 59.0 Å². The zero-order valence-electron chi connectivity index (χ0n) is 21.2. The molecule has 1 aromatic carbocycles. The number of aromatic nitrogens is 2. The number of benzene rings is 1. The molecule has 186 valence electrons. The third kappa shape index (κ3) is 3.86. The van der Waals surface area contributed by atoms with E-state index in [9.17, 15) is 9.59 Å². The molecular formula is C26H34N6O3. The Morgan fingerprint density at radius 1 is 1.20 bits per heavy atom. The van der Waals surface area contributed by atoms with E-state index < -0.39 is 0 Å². The van der Waals surface area contributed by atoms with Crippen molar-refractivity contribution in [1.82, 2.24) is 14.9 Å². The molecule has 3 aliphatic rings. The summed E-state index contributed by atoms with van der Waals surface area (Å²) < 4.78 is 5.62. The zero-order chi connectivity index (χ0) is 24.9. The number of anilines is 4. The van der Waals surface area contributed by atoms with Gasteiger partial charge in [0.1, 0.15) is 17.5 Å². The first-order valence-electron chi connectivity index (χ1n) is 12.6. The molecule has 1 aromatic heterocycles. The van der Waals surface area contributed by atoms with Crippen molar-refractivity contribution in [2.75, 3.05) is 29.3 Å². The number of likely N-dealkylation sites (N-methyl/N-ethyl adjacent to an activating group) is 1. The van der Waals surface area contributed by atoms with Crippen LogP contribution in [0.2, 0.25) is 0 Å². The molecule has 2 aliphatic heterocycles. The summed E-state index contributed by atoms with van der Waals surface area (Å²) in [5.41, 5.74) is 3.07. The summed E-state index contributed by atoms with van der Waals surface area (Å²) >= 11 is 0.